The molecule has 1 aliphatic rings. The molecule has 2 rings (SSSR count). The molecule has 1 heterocycles. The minimum atomic E-state index is 0.304. The first-order valence-corrected chi connectivity index (χ1v) is 4.14. The van der Waals surface area contributed by atoms with E-state index >= 15 is 0 Å². The summed E-state index contributed by atoms with van der Waals surface area (Å²) in [6.45, 7) is 0.841. The van der Waals surface area contributed by atoms with E-state index in [1.54, 1.807) is 12.1 Å². The molecule has 1 aromatic rings. The fourth-order valence-electron chi connectivity index (χ4n) is 1.02. The molecule has 0 atom stereocenters. The summed E-state index contributed by atoms with van der Waals surface area (Å²) in [7, 11) is 0. The van der Waals surface area contributed by atoms with Crippen LogP contribution in [-0.2, 0) is 6.54 Å². The molecule has 0 aromatic heterocycles. The van der Waals surface area contributed by atoms with Crippen molar-refractivity contribution in [1.82, 2.24) is 4.72 Å². The van der Waals surface area contributed by atoms with Crippen molar-refractivity contribution < 1.29 is 5.11 Å². The van der Waals surface area contributed by atoms with E-state index in [1.165, 1.54) is 17.7 Å². The lowest BCUT2D eigenvalue weighted by Crippen LogP contribution is -2.13. The van der Waals surface area contributed by atoms with E-state index < -0.39 is 0 Å². The second kappa shape index (κ2) is 2.64. The van der Waals surface area contributed by atoms with Crippen LogP contribution in [0.1, 0.15) is 5.56 Å². The Kier molecular flexibility index (Phi) is 1.63. The van der Waals surface area contributed by atoms with Crippen LogP contribution in [0.15, 0.2) is 18.2 Å². The average molecular weight is 168 g/mol. The molecule has 0 fully saturated rings. The van der Waals surface area contributed by atoms with Crippen molar-refractivity contribution in [1.29, 1.82) is 0 Å². The topological polar surface area (TPSA) is 44.3 Å². The van der Waals surface area contributed by atoms with Crippen LogP contribution in [0.25, 0.3) is 0 Å². The first kappa shape index (κ1) is 6.82. The van der Waals surface area contributed by atoms with Gasteiger partial charge in [-0.25, -0.2) is 4.72 Å². The van der Waals surface area contributed by atoms with E-state index in [0.29, 0.717) is 5.75 Å². The molecule has 0 spiro atoms. The minimum Gasteiger partial charge on any atom is -0.508 e. The normalized spacial score (nSPS) is 15.3. The van der Waals surface area contributed by atoms with Crippen LogP contribution in [-0.4, -0.2) is 5.11 Å². The van der Waals surface area contributed by atoms with E-state index in [1.807, 2.05) is 6.07 Å². The van der Waals surface area contributed by atoms with Gasteiger partial charge in [-0.1, -0.05) is 6.07 Å². The van der Waals surface area contributed by atoms with Crippen LogP contribution in [0.3, 0.4) is 0 Å². The van der Waals surface area contributed by atoms with Gasteiger partial charge in [-0.2, -0.15) is 0 Å². The van der Waals surface area contributed by atoms with Crippen LogP contribution in [0.5, 0.6) is 5.75 Å². The molecule has 1 aliphatic heterocycles. The summed E-state index contributed by atoms with van der Waals surface area (Å²) in [6.07, 6.45) is 0. The van der Waals surface area contributed by atoms with Gasteiger partial charge in [-0.15, -0.1) is 0 Å². The maximum atomic E-state index is 9.12. The molecular weight excluding hydrogens is 160 g/mol. The number of phenols is 1. The third-order valence-electron chi connectivity index (χ3n) is 1.59. The van der Waals surface area contributed by atoms with Gasteiger partial charge in [0.1, 0.15) is 5.75 Å². The monoisotopic (exact) mass is 168 g/mol. The van der Waals surface area contributed by atoms with Gasteiger partial charge in [0.25, 0.3) is 0 Å². The van der Waals surface area contributed by atoms with E-state index in [9.17, 15) is 0 Å². The molecule has 0 aliphatic carbocycles. The number of hydrogen-bond acceptors (Lipinski definition) is 4. The number of anilines is 1. The van der Waals surface area contributed by atoms with Crippen LogP contribution < -0.4 is 9.44 Å². The van der Waals surface area contributed by atoms with Gasteiger partial charge in [-0.05, 0) is 11.6 Å². The van der Waals surface area contributed by atoms with Crippen LogP contribution in [0.4, 0.5) is 5.69 Å². The highest BCUT2D eigenvalue weighted by Crippen LogP contribution is 2.26. The van der Waals surface area contributed by atoms with Gasteiger partial charge < -0.3 is 9.83 Å². The van der Waals surface area contributed by atoms with E-state index in [-0.39, 0.29) is 0 Å². The van der Waals surface area contributed by atoms with Crippen LogP contribution >= 0.6 is 12.1 Å². The summed E-state index contributed by atoms with van der Waals surface area (Å²) in [5, 5.41) is 9.12. The molecular formula is C7H8N2OS. The Balaban J connectivity index is 2.43. The highest BCUT2D eigenvalue weighted by molar-refractivity contribution is 7.98. The Labute approximate surface area is 69.1 Å². The van der Waals surface area contributed by atoms with Gasteiger partial charge in [0, 0.05) is 24.7 Å². The van der Waals surface area contributed by atoms with Crippen molar-refractivity contribution in [3.63, 3.8) is 0 Å². The average Bonchev–Trinajstić information content (AvgIpc) is 2.04. The molecule has 3 nitrogen and oxygen atoms in total. The molecule has 4 heteroatoms. The minimum absolute atomic E-state index is 0.304. The lowest BCUT2D eigenvalue weighted by atomic mass is 10.2. The summed E-state index contributed by atoms with van der Waals surface area (Å²) in [4.78, 5) is 0. The molecule has 0 amide bonds. The molecule has 0 saturated carbocycles. The second-order valence-electron chi connectivity index (χ2n) is 2.37. The lowest BCUT2D eigenvalue weighted by Gasteiger charge is -2.17. The summed E-state index contributed by atoms with van der Waals surface area (Å²) in [5.74, 6) is 0.304. The van der Waals surface area contributed by atoms with Crippen molar-refractivity contribution in [2.24, 2.45) is 0 Å². The Morgan fingerprint density at radius 2 is 2.36 bits per heavy atom. The third-order valence-corrected chi connectivity index (χ3v) is 2.20. The Morgan fingerprint density at radius 3 is 3.27 bits per heavy atom. The molecule has 0 bridgehead atoms. The van der Waals surface area contributed by atoms with Crippen molar-refractivity contribution in [2.75, 3.05) is 4.72 Å². The maximum absolute atomic E-state index is 9.12. The Hall–Kier alpha value is -0.870. The Morgan fingerprint density at radius 1 is 1.45 bits per heavy atom. The number of aromatic hydroxyl groups is 1. The fraction of sp³-hybridized carbons (Fsp3) is 0.143. The standard InChI is InChI=1S/C7H8N2OS/c10-6-2-1-5-4-8-11-9-7(5)3-6/h1-3,8-10H,4H2. The SMILES string of the molecule is Oc1ccc2c(c1)NSNC2. The molecule has 0 saturated heterocycles. The molecule has 3 N–H and O–H groups in total. The summed E-state index contributed by atoms with van der Waals surface area (Å²) >= 11 is 1.44. The van der Waals surface area contributed by atoms with Crippen molar-refractivity contribution in [2.45, 2.75) is 6.54 Å². The van der Waals surface area contributed by atoms with Crippen molar-refractivity contribution >= 4 is 17.8 Å². The van der Waals surface area contributed by atoms with Crippen molar-refractivity contribution in [3.05, 3.63) is 23.8 Å². The zero-order valence-corrected chi connectivity index (χ0v) is 6.61. The van der Waals surface area contributed by atoms with Gasteiger partial charge in [0.05, 0.1) is 5.69 Å². The Bertz CT molecular complexity index is 277. The number of benzene rings is 1. The predicted molar refractivity (Wildman–Crippen MR) is 46.2 cm³/mol. The lowest BCUT2D eigenvalue weighted by molar-refractivity contribution is 0.475. The molecule has 0 unspecified atom stereocenters. The first-order chi connectivity index (χ1) is 5.36. The highest BCUT2D eigenvalue weighted by Gasteiger charge is 2.07. The number of nitrogens with one attached hydrogen (secondary N) is 2. The zero-order valence-electron chi connectivity index (χ0n) is 5.79. The van der Waals surface area contributed by atoms with Gasteiger partial charge in [-0.3, -0.25) is 0 Å². The van der Waals surface area contributed by atoms with Crippen LogP contribution in [0, 0.1) is 0 Å². The van der Waals surface area contributed by atoms with E-state index in [4.69, 9.17) is 5.11 Å². The fourth-order valence-corrected chi connectivity index (χ4v) is 1.62. The van der Waals surface area contributed by atoms with E-state index in [0.717, 1.165) is 12.2 Å². The largest absolute Gasteiger partial charge is 0.508 e. The second-order valence-corrected chi connectivity index (χ2v) is 3.06. The zero-order chi connectivity index (χ0) is 7.68. The first-order valence-electron chi connectivity index (χ1n) is 3.33. The maximum Gasteiger partial charge on any atom is 0.117 e. The van der Waals surface area contributed by atoms with E-state index in [2.05, 4.69) is 9.44 Å². The summed E-state index contributed by atoms with van der Waals surface area (Å²) in [5.41, 5.74) is 2.18. The predicted octanol–water partition coefficient (Wildman–Crippen LogP) is 1.47. The van der Waals surface area contributed by atoms with Gasteiger partial charge >= 0.3 is 0 Å². The quantitative estimate of drug-likeness (QED) is 0.513. The molecule has 58 valence electrons. The molecule has 1 aromatic carbocycles. The van der Waals surface area contributed by atoms with Crippen LogP contribution in [0.2, 0.25) is 0 Å². The van der Waals surface area contributed by atoms with Gasteiger partial charge in [0.15, 0.2) is 0 Å². The summed E-state index contributed by atoms with van der Waals surface area (Å²) < 4.78 is 6.13. The molecule has 11 heavy (non-hydrogen) atoms. The molecule has 0 radical (unpaired) electrons. The third kappa shape index (κ3) is 1.27. The van der Waals surface area contributed by atoms with Crippen molar-refractivity contribution in [3.8, 4) is 5.75 Å². The number of rotatable bonds is 0. The highest BCUT2D eigenvalue weighted by atomic mass is 32.2. The number of hydrogen-bond donors (Lipinski definition) is 3. The number of phenolic OH excluding ortho intramolecular Hbond substituents is 1. The number of fused-ring (bicyclic) bond motifs is 1. The summed E-state index contributed by atoms with van der Waals surface area (Å²) in [6, 6.07) is 5.33. The smallest absolute Gasteiger partial charge is 0.117 e. The van der Waals surface area contributed by atoms with Gasteiger partial charge in [0.2, 0.25) is 0 Å².